The summed E-state index contributed by atoms with van der Waals surface area (Å²) in [5, 5.41) is 6.43. The summed E-state index contributed by atoms with van der Waals surface area (Å²) in [6.07, 6.45) is 3.61. The van der Waals surface area contributed by atoms with Gasteiger partial charge >= 0.3 is 0 Å². The average molecular weight is 254 g/mol. The summed E-state index contributed by atoms with van der Waals surface area (Å²) < 4.78 is 0. The Morgan fingerprint density at radius 3 is 2.94 bits per heavy atom. The van der Waals surface area contributed by atoms with E-state index in [1.807, 2.05) is 0 Å². The van der Waals surface area contributed by atoms with Gasteiger partial charge < -0.3 is 15.5 Å². The number of hydrogen-bond donors (Lipinski definition) is 2. The maximum absolute atomic E-state index is 11.9. The summed E-state index contributed by atoms with van der Waals surface area (Å²) in [4.78, 5) is 16.5. The second-order valence-electron chi connectivity index (χ2n) is 5.46. The van der Waals surface area contributed by atoms with Gasteiger partial charge in [-0.1, -0.05) is 0 Å². The van der Waals surface area contributed by atoms with E-state index in [9.17, 15) is 4.79 Å². The van der Waals surface area contributed by atoms with Crippen LogP contribution in [0.25, 0.3) is 0 Å². The van der Waals surface area contributed by atoms with Crippen molar-refractivity contribution in [1.29, 1.82) is 0 Å². The van der Waals surface area contributed by atoms with Crippen LogP contribution in [-0.2, 0) is 4.79 Å². The van der Waals surface area contributed by atoms with Crippen molar-refractivity contribution in [3.63, 3.8) is 0 Å². The molecule has 0 saturated carbocycles. The van der Waals surface area contributed by atoms with Crippen LogP contribution in [0.4, 0.5) is 0 Å². The molecule has 0 bridgehead atoms. The smallest absolute Gasteiger partial charge is 0.234 e. The first-order valence-corrected chi connectivity index (χ1v) is 7.16. The van der Waals surface area contributed by atoms with E-state index in [2.05, 4.69) is 27.5 Å². The van der Waals surface area contributed by atoms with Crippen molar-refractivity contribution >= 4 is 5.91 Å². The zero-order valence-corrected chi connectivity index (χ0v) is 11.5. The van der Waals surface area contributed by atoms with Gasteiger partial charge in [-0.25, -0.2) is 0 Å². The third-order valence-electron chi connectivity index (χ3n) is 4.01. The fourth-order valence-corrected chi connectivity index (χ4v) is 2.79. The van der Waals surface area contributed by atoms with Gasteiger partial charge in [0, 0.05) is 25.7 Å². The molecule has 1 atom stereocenters. The highest BCUT2D eigenvalue weighted by Crippen LogP contribution is 2.13. The van der Waals surface area contributed by atoms with Crippen molar-refractivity contribution in [1.82, 2.24) is 20.4 Å². The average Bonchev–Trinajstić information content (AvgIpc) is 2.61. The minimum absolute atomic E-state index is 0.178. The predicted octanol–water partition coefficient (Wildman–Crippen LogP) is -0.508. The van der Waals surface area contributed by atoms with Gasteiger partial charge in [-0.05, 0) is 45.9 Å². The van der Waals surface area contributed by atoms with Gasteiger partial charge in [0.15, 0.2) is 0 Å². The Labute approximate surface area is 110 Å². The molecule has 0 aliphatic carbocycles. The number of nitrogens with one attached hydrogen (secondary N) is 2. The molecular formula is C13H26N4O. The Balaban J connectivity index is 1.64. The van der Waals surface area contributed by atoms with Crippen LogP contribution in [0.15, 0.2) is 0 Å². The molecule has 0 radical (unpaired) electrons. The second kappa shape index (κ2) is 7.07. The minimum Gasteiger partial charge on any atom is -0.353 e. The highest BCUT2D eigenvalue weighted by Gasteiger charge is 2.21. The van der Waals surface area contributed by atoms with Crippen LogP contribution in [-0.4, -0.2) is 74.6 Å². The molecule has 0 spiro atoms. The van der Waals surface area contributed by atoms with E-state index in [4.69, 9.17) is 0 Å². The van der Waals surface area contributed by atoms with Crippen molar-refractivity contribution in [2.75, 3.05) is 52.9 Å². The Kier molecular flexibility index (Phi) is 5.41. The molecule has 2 saturated heterocycles. The van der Waals surface area contributed by atoms with Gasteiger partial charge in [0.25, 0.3) is 0 Å². The molecule has 0 aromatic rings. The standard InChI is InChI=1S/C13H26N4O/c1-16-7-2-4-12(16)10-15-13(18)11-17-8-3-5-14-6-9-17/h12,14H,2-11H2,1H3,(H,15,18). The van der Waals surface area contributed by atoms with Gasteiger partial charge in [-0.3, -0.25) is 9.69 Å². The fourth-order valence-electron chi connectivity index (χ4n) is 2.79. The monoisotopic (exact) mass is 254 g/mol. The first-order valence-electron chi connectivity index (χ1n) is 7.16. The molecule has 2 heterocycles. The quantitative estimate of drug-likeness (QED) is 0.709. The van der Waals surface area contributed by atoms with Crippen molar-refractivity contribution in [2.45, 2.75) is 25.3 Å². The lowest BCUT2D eigenvalue weighted by molar-refractivity contribution is -0.122. The van der Waals surface area contributed by atoms with Gasteiger partial charge in [0.2, 0.25) is 5.91 Å². The lowest BCUT2D eigenvalue weighted by Crippen LogP contribution is -2.43. The Bertz CT molecular complexity index is 264. The second-order valence-corrected chi connectivity index (χ2v) is 5.46. The lowest BCUT2D eigenvalue weighted by Gasteiger charge is -2.22. The van der Waals surface area contributed by atoms with Crippen molar-refractivity contribution in [3.8, 4) is 0 Å². The molecule has 18 heavy (non-hydrogen) atoms. The summed E-state index contributed by atoms with van der Waals surface area (Å²) in [6, 6.07) is 0.541. The Morgan fingerprint density at radius 2 is 2.17 bits per heavy atom. The summed E-state index contributed by atoms with van der Waals surface area (Å²) >= 11 is 0. The number of rotatable bonds is 4. The third-order valence-corrected chi connectivity index (χ3v) is 4.01. The predicted molar refractivity (Wildman–Crippen MR) is 72.6 cm³/mol. The molecular weight excluding hydrogens is 228 g/mol. The van der Waals surface area contributed by atoms with Crippen LogP contribution < -0.4 is 10.6 Å². The summed E-state index contributed by atoms with van der Waals surface area (Å²) in [5.41, 5.74) is 0. The van der Waals surface area contributed by atoms with Crippen LogP contribution in [0.2, 0.25) is 0 Å². The first-order chi connectivity index (χ1) is 8.75. The summed E-state index contributed by atoms with van der Waals surface area (Å²) in [6.45, 7) is 6.61. The molecule has 2 rings (SSSR count). The summed E-state index contributed by atoms with van der Waals surface area (Å²) in [7, 11) is 2.14. The van der Waals surface area contributed by atoms with Crippen LogP contribution in [0.5, 0.6) is 0 Å². The van der Waals surface area contributed by atoms with Crippen molar-refractivity contribution < 1.29 is 4.79 Å². The molecule has 2 aliphatic heterocycles. The highest BCUT2D eigenvalue weighted by molar-refractivity contribution is 5.78. The topological polar surface area (TPSA) is 47.6 Å². The summed E-state index contributed by atoms with van der Waals surface area (Å²) in [5.74, 6) is 0.178. The maximum Gasteiger partial charge on any atom is 0.234 e. The number of likely N-dealkylation sites (tertiary alicyclic amines) is 1. The van der Waals surface area contributed by atoms with E-state index in [1.54, 1.807) is 0 Å². The number of likely N-dealkylation sites (N-methyl/N-ethyl adjacent to an activating group) is 1. The van der Waals surface area contributed by atoms with Gasteiger partial charge in [-0.2, -0.15) is 0 Å². The van der Waals surface area contributed by atoms with Crippen molar-refractivity contribution in [2.24, 2.45) is 0 Å². The molecule has 5 heteroatoms. The Hall–Kier alpha value is -0.650. The van der Waals surface area contributed by atoms with Crippen LogP contribution in [0, 0.1) is 0 Å². The maximum atomic E-state index is 11.9. The number of nitrogens with zero attached hydrogens (tertiary/aromatic N) is 2. The highest BCUT2D eigenvalue weighted by atomic mass is 16.2. The van der Waals surface area contributed by atoms with Crippen LogP contribution in [0.3, 0.4) is 0 Å². The van der Waals surface area contributed by atoms with E-state index in [-0.39, 0.29) is 5.91 Å². The first kappa shape index (κ1) is 13.8. The number of carbonyl (C=O) groups excluding carboxylic acids is 1. The molecule has 2 fully saturated rings. The van der Waals surface area contributed by atoms with Gasteiger partial charge in [-0.15, -0.1) is 0 Å². The Morgan fingerprint density at radius 1 is 1.28 bits per heavy atom. The zero-order valence-electron chi connectivity index (χ0n) is 11.5. The SMILES string of the molecule is CN1CCCC1CNC(=O)CN1CCCNCC1. The van der Waals surface area contributed by atoms with E-state index in [0.717, 1.165) is 39.1 Å². The van der Waals surface area contributed by atoms with E-state index >= 15 is 0 Å². The third kappa shape index (κ3) is 4.23. The minimum atomic E-state index is 0.178. The van der Waals surface area contributed by atoms with E-state index in [0.29, 0.717) is 12.6 Å². The number of amides is 1. The van der Waals surface area contributed by atoms with Gasteiger partial charge in [0.1, 0.15) is 0 Å². The molecule has 0 aromatic heterocycles. The fraction of sp³-hybridized carbons (Fsp3) is 0.923. The molecule has 104 valence electrons. The van der Waals surface area contributed by atoms with E-state index < -0.39 is 0 Å². The molecule has 2 aliphatic rings. The molecule has 2 N–H and O–H groups in total. The molecule has 5 nitrogen and oxygen atoms in total. The molecule has 1 amide bonds. The van der Waals surface area contributed by atoms with Crippen molar-refractivity contribution in [3.05, 3.63) is 0 Å². The molecule has 1 unspecified atom stereocenters. The van der Waals surface area contributed by atoms with Crippen LogP contribution in [0.1, 0.15) is 19.3 Å². The normalized spacial score (nSPS) is 27.1. The molecule has 0 aromatic carbocycles. The van der Waals surface area contributed by atoms with Gasteiger partial charge in [0.05, 0.1) is 6.54 Å². The number of carbonyl (C=O) groups is 1. The van der Waals surface area contributed by atoms with E-state index in [1.165, 1.54) is 19.4 Å². The zero-order chi connectivity index (χ0) is 12.8. The lowest BCUT2D eigenvalue weighted by atomic mass is 10.2. The van der Waals surface area contributed by atoms with Crippen LogP contribution >= 0.6 is 0 Å². The number of hydrogen-bond acceptors (Lipinski definition) is 4. The largest absolute Gasteiger partial charge is 0.353 e.